The number of carbonyl (C=O) groups excluding carboxylic acids is 2. The molecule has 0 bridgehead atoms. The molecule has 0 aromatic heterocycles. The maximum Gasteiger partial charge on any atom is 0.254 e. The number of halogens is 1. The highest BCUT2D eigenvalue weighted by Crippen LogP contribution is 2.24. The zero-order valence-electron chi connectivity index (χ0n) is 16.5. The number of sulfone groups is 1. The first-order valence-electron chi connectivity index (χ1n) is 8.53. The smallest absolute Gasteiger partial charge is 0.254 e. The van der Waals surface area contributed by atoms with Gasteiger partial charge in [0, 0.05) is 24.6 Å². The first-order chi connectivity index (χ1) is 12.9. The number of likely N-dealkylation sites (N-methyl/N-ethyl adjacent to an activating group) is 1. The Bertz CT molecular complexity index is 1030. The molecule has 0 heterocycles. The van der Waals surface area contributed by atoms with Gasteiger partial charge in [-0.1, -0.05) is 29.3 Å². The topological polar surface area (TPSA) is 83.6 Å². The second-order valence-corrected chi connectivity index (χ2v) is 9.29. The third kappa shape index (κ3) is 5.11. The maximum absolute atomic E-state index is 12.6. The van der Waals surface area contributed by atoms with Crippen LogP contribution in [0.2, 0.25) is 5.02 Å². The number of hydrogen-bond acceptors (Lipinski definition) is 4. The summed E-state index contributed by atoms with van der Waals surface area (Å²) in [5, 5.41) is 2.88. The predicted octanol–water partition coefficient (Wildman–Crippen LogP) is 3.38. The Morgan fingerprint density at radius 2 is 1.64 bits per heavy atom. The summed E-state index contributed by atoms with van der Waals surface area (Å²) >= 11 is 5.91. The van der Waals surface area contributed by atoms with Gasteiger partial charge in [0.15, 0.2) is 9.84 Å². The number of benzene rings is 2. The van der Waals surface area contributed by atoms with Crippen LogP contribution in [-0.2, 0) is 14.6 Å². The summed E-state index contributed by atoms with van der Waals surface area (Å²) in [6, 6.07) is 7.96. The van der Waals surface area contributed by atoms with Gasteiger partial charge in [-0.25, -0.2) is 8.42 Å². The van der Waals surface area contributed by atoms with Crippen LogP contribution in [0.25, 0.3) is 0 Å². The molecule has 1 N–H and O–H groups in total. The molecule has 0 unspecified atom stereocenters. The third-order valence-electron chi connectivity index (χ3n) is 4.25. The first-order valence-corrected chi connectivity index (χ1v) is 10.8. The molecule has 2 aromatic carbocycles. The first kappa shape index (κ1) is 21.9. The molecule has 0 fully saturated rings. The highest BCUT2D eigenvalue weighted by molar-refractivity contribution is 7.90. The van der Waals surface area contributed by atoms with E-state index in [0.717, 1.165) is 28.6 Å². The molecular formula is C20H23ClN2O4S. The number of rotatable bonds is 5. The second-order valence-electron chi connectivity index (χ2n) is 6.90. The lowest BCUT2D eigenvalue weighted by atomic mass is 10.1. The van der Waals surface area contributed by atoms with Gasteiger partial charge in [-0.2, -0.15) is 0 Å². The molecule has 0 spiro atoms. The summed E-state index contributed by atoms with van der Waals surface area (Å²) in [7, 11) is -2.10. The molecule has 0 aliphatic carbocycles. The van der Waals surface area contributed by atoms with E-state index in [1.807, 2.05) is 32.9 Å². The normalized spacial score (nSPS) is 11.2. The Labute approximate surface area is 170 Å². The van der Waals surface area contributed by atoms with Gasteiger partial charge in [0.05, 0.1) is 16.5 Å². The Hall–Kier alpha value is -2.38. The predicted molar refractivity (Wildman–Crippen MR) is 111 cm³/mol. The minimum atomic E-state index is -3.57. The number of carbonyl (C=O) groups is 2. The molecule has 0 radical (unpaired) electrons. The van der Waals surface area contributed by atoms with Crippen molar-refractivity contribution in [3.05, 3.63) is 57.6 Å². The van der Waals surface area contributed by atoms with Crippen molar-refractivity contribution >= 4 is 38.9 Å². The van der Waals surface area contributed by atoms with E-state index >= 15 is 0 Å². The molecule has 150 valence electrons. The van der Waals surface area contributed by atoms with Gasteiger partial charge in [-0.05, 0) is 50.1 Å². The molecular weight excluding hydrogens is 400 g/mol. The van der Waals surface area contributed by atoms with Crippen LogP contribution in [0.3, 0.4) is 0 Å². The van der Waals surface area contributed by atoms with Crippen molar-refractivity contribution < 1.29 is 18.0 Å². The molecule has 2 rings (SSSR count). The van der Waals surface area contributed by atoms with Gasteiger partial charge < -0.3 is 10.2 Å². The van der Waals surface area contributed by atoms with Gasteiger partial charge in [0.1, 0.15) is 0 Å². The lowest BCUT2D eigenvalue weighted by Gasteiger charge is -2.19. The van der Waals surface area contributed by atoms with Crippen molar-refractivity contribution in [3.63, 3.8) is 0 Å². The highest BCUT2D eigenvalue weighted by Gasteiger charge is 2.20. The average molecular weight is 423 g/mol. The third-order valence-corrected chi connectivity index (χ3v) is 5.82. The summed E-state index contributed by atoms with van der Waals surface area (Å²) < 4.78 is 23.6. The minimum Gasteiger partial charge on any atom is -0.332 e. The monoisotopic (exact) mass is 422 g/mol. The van der Waals surface area contributed by atoms with Crippen LogP contribution in [0.5, 0.6) is 0 Å². The highest BCUT2D eigenvalue weighted by atomic mass is 35.5. The summed E-state index contributed by atoms with van der Waals surface area (Å²) in [4.78, 5) is 26.1. The van der Waals surface area contributed by atoms with Crippen LogP contribution in [0.4, 0.5) is 5.69 Å². The van der Waals surface area contributed by atoms with Gasteiger partial charge in [0.2, 0.25) is 5.91 Å². The fourth-order valence-corrected chi connectivity index (χ4v) is 4.29. The fraction of sp³-hybridized carbons (Fsp3) is 0.300. The quantitative estimate of drug-likeness (QED) is 0.800. The van der Waals surface area contributed by atoms with Crippen molar-refractivity contribution in [2.45, 2.75) is 25.7 Å². The van der Waals surface area contributed by atoms with Crippen LogP contribution < -0.4 is 5.32 Å². The summed E-state index contributed by atoms with van der Waals surface area (Å²) in [6.07, 6.45) is 1.02. The van der Waals surface area contributed by atoms with Crippen LogP contribution in [0.1, 0.15) is 27.0 Å². The van der Waals surface area contributed by atoms with E-state index in [1.165, 1.54) is 30.1 Å². The largest absolute Gasteiger partial charge is 0.332 e. The molecule has 6 nitrogen and oxygen atoms in total. The molecule has 8 heteroatoms. The van der Waals surface area contributed by atoms with Crippen LogP contribution in [0.15, 0.2) is 35.2 Å². The molecule has 0 saturated carbocycles. The standard InChI is InChI=1S/C20H23ClN2O4S/c1-12-8-13(2)19(14(3)9-12)22-18(24)11-23(4)20(25)15-6-7-16(21)17(10-15)28(5,26)27/h6-10H,11H2,1-5H3,(H,22,24). The van der Waals surface area contributed by atoms with Crippen molar-refractivity contribution in [2.75, 3.05) is 25.2 Å². The van der Waals surface area contributed by atoms with Crippen molar-refractivity contribution in [3.8, 4) is 0 Å². The molecule has 2 amide bonds. The van der Waals surface area contributed by atoms with Crippen LogP contribution >= 0.6 is 11.6 Å². The molecule has 2 aromatic rings. The van der Waals surface area contributed by atoms with Gasteiger partial charge in [-0.15, -0.1) is 0 Å². The number of amides is 2. The van der Waals surface area contributed by atoms with E-state index in [4.69, 9.17) is 11.6 Å². The van der Waals surface area contributed by atoms with Crippen molar-refractivity contribution in [1.29, 1.82) is 0 Å². The van der Waals surface area contributed by atoms with E-state index in [0.29, 0.717) is 0 Å². The Morgan fingerprint density at radius 3 is 2.18 bits per heavy atom. The summed E-state index contributed by atoms with van der Waals surface area (Å²) in [5.41, 5.74) is 3.85. The van der Waals surface area contributed by atoms with E-state index in [9.17, 15) is 18.0 Å². The molecule has 0 saturated heterocycles. The zero-order chi connectivity index (χ0) is 21.2. The molecule has 0 aliphatic rings. The van der Waals surface area contributed by atoms with E-state index in [-0.39, 0.29) is 27.9 Å². The Balaban J connectivity index is 2.16. The number of hydrogen-bond donors (Lipinski definition) is 1. The molecule has 28 heavy (non-hydrogen) atoms. The molecule has 0 atom stereocenters. The number of nitrogens with one attached hydrogen (secondary N) is 1. The van der Waals surface area contributed by atoms with E-state index < -0.39 is 15.7 Å². The second kappa shape index (κ2) is 8.32. The lowest BCUT2D eigenvalue weighted by molar-refractivity contribution is -0.116. The summed E-state index contributed by atoms with van der Waals surface area (Å²) in [6.45, 7) is 5.62. The van der Waals surface area contributed by atoms with E-state index in [2.05, 4.69) is 5.32 Å². The van der Waals surface area contributed by atoms with Gasteiger partial charge >= 0.3 is 0 Å². The minimum absolute atomic E-state index is 0.0461. The number of anilines is 1. The Morgan fingerprint density at radius 1 is 1.07 bits per heavy atom. The molecule has 0 aliphatic heterocycles. The van der Waals surface area contributed by atoms with Crippen LogP contribution in [-0.4, -0.2) is 45.0 Å². The summed E-state index contributed by atoms with van der Waals surface area (Å²) in [5.74, 6) is -0.822. The fourth-order valence-electron chi connectivity index (χ4n) is 2.98. The van der Waals surface area contributed by atoms with Gasteiger partial charge in [-0.3, -0.25) is 9.59 Å². The lowest BCUT2D eigenvalue weighted by Crippen LogP contribution is -2.35. The number of nitrogens with zero attached hydrogens (tertiary/aromatic N) is 1. The van der Waals surface area contributed by atoms with Crippen molar-refractivity contribution in [1.82, 2.24) is 4.90 Å². The van der Waals surface area contributed by atoms with Crippen molar-refractivity contribution in [2.24, 2.45) is 0 Å². The van der Waals surface area contributed by atoms with Gasteiger partial charge in [0.25, 0.3) is 5.91 Å². The van der Waals surface area contributed by atoms with E-state index in [1.54, 1.807) is 0 Å². The number of aryl methyl sites for hydroxylation is 3. The van der Waals surface area contributed by atoms with Crippen LogP contribution in [0, 0.1) is 20.8 Å². The zero-order valence-corrected chi connectivity index (χ0v) is 18.0. The Kier molecular flexibility index (Phi) is 6.52. The maximum atomic E-state index is 12.6. The SMILES string of the molecule is Cc1cc(C)c(NC(=O)CN(C)C(=O)c2ccc(Cl)c(S(C)(=O)=O)c2)c(C)c1. The average Bonchev–Trinajstić information content (AvgIpc) is 2.56.